The van der Waals surface area contributed by atoms with Crippen molar-refractivity contribution in [2.75, 3.05) is 38.0 Å². The molecule has 0 bridgehead atoms. The number of carbonyl (C=O) groups is 2. The van der Waals surface area contributed by atoms with E-state index in [4.69, 9.17) is 0 Å². The summed E-state index contributed by atoms with van der Waals surface area (Å²) < 4.78 is 1.70. The minimum atomic E-state index is -0.000247. The lowest BCUT2D eigenvalue weighted by molar-refractivity contribution is -0.127. The highest BCUT2D eigenvalue weighted by molar-refractivity contribution is 5.92. The molecule has 0 unspecified atom stereocenters. The molecule has 7 heteroatoms. The van der Waals surface area contributed by atoms with Crippen LogP contribution in [0.4, 0.5) is 5.69 Å². The number of anilines is 1. The van der Waals surface area contributed by atoms with Crippen molar-refractivity contribution in [2.45, 2.75) is 33.1 Å². The molecule has 1 N–H and O–H groups in total. The fraction of sp³-hybridized carbons (Fsp3) is 0.706. The first-order valence-corrected chi connectivity index (χ1v) is 8.71. The molecule has 1 aromatic rings. The van der Waals surface area contributed by atoms with Crippen molar-refractivity contribution in [2.24, 2.45) is 12.5 Å². The van der Waals surface area contributed by atoms with Crippen LogP contribution >= 0.6 is 0 Å². The Bertz CT molecular complexity index is 631. The van der Waals surface area contributed by atoms with Gasteiger partial charge in [-0.25, -0.2) is 0 Å². The van der Waals surface area contributed by atoms with Gasteiger partial charge in [-0.15, -0.1) is 0 Å². The van der Waals surface area contributed by atoms with E-state index in [1.165, 1.54) is 0 Å². The highest BCUT2D eigenvalue weighted by Gasteiger charge is 2.44. The summed E-state index contributed by atoms with van der Waals surface area (Å²) in [7, 11) is 1.84. The molecule has 1 aromatic heterocycles. The molecule has 1 spiro atoms. The number of likely N-dealkylation sites (tertiary alicyclic amines) is 2. The number of carbonyl (C=O) groups excluding carboxylic acids is 2. The van der Waals surface area contributed by atoms with Crippen LogP contribution in [0.3, 0.4) is 0 Å². The molecule has 7 nitrogen and oxygen atoms in total. The molecule has 2 amide bonds. The molecule has 0 atom stereocenters. The highest BCUT2D eigenvalue weighted by Crippen LogP contribution is 2.40. The van der Waals surface area contributed by atoms with Crippen LogP contribution in [-0.2, 0) is 16.6 Å². The third kappa shape index (κ3) is 3.45. The molecule has 0 radical (unpaired) electrons. The third-order valence-electron chi connectivity index (χ3n) is 5.36. The van der Waals surface area contributed by atoms with E-state index in [1.807, 2.05) is 32.0 Å². The van der Waals surface area contributed by atoms with Gasteiger partial charge in [-0.3, -0.25) is 19.2 Å². The van der Waals surface area contributed by atoms with E-state index in [2.05, 4.69) is 15.3 Å². The largest absolute Gasteiger partial charge is 0.342 e. The summed E-state index contributed by atoms with van der Waals surface area (Å²) in [4.78, 5) is 28.4. The van der Waals surface area contributed by atoms with E-state index in [0.29, 0.717) is 13.0 Å². The van der Waals surface area contributed by atoms with Gasteiger partial charge in [0.2, 0.25) is 11.8 Å². The van der Waals surface area contributed by atoms with Crippen molar-refractivity contribution in [3.05, 3.63) is 11.9 Å². The van der Waals surface area contributed by atoms with Crippen molar-refractivity contribution in [1.29, 1.82) is 0 Å². The van der Waals surface area contributed by atoms with Crippen LogP contribution in [0, 0.1) is 12.3 Å². The number of hydrogen-bond acceptors (Lipinski definition) is 4. The van der Waals surface area contributed by atoms with Gasteiger partial charge in [-0.2, -0.15) is 5.10 Å². The van der Waals surface area contributed by atoms with Crippen molar-refractivity contribution < 1.29 is 9.59 Å². The van der Waals surface area contributed by atoms with Gasteiger partial charge in [0.1, 0.15) is 0 Å². The number of nitrogens with zero attached hydrogens (tertiary/aromatic N) is 4. The fourth-order valence-corrected chi connectivity index (χ4v) is 3.91. The smallest absolute Gasteiger partial charge is 0.238 e. The number of aryl methyl sites for hydroxylation is 2. The number of piperidine rings is 1. The molecule has 0 aliphatic carbocycles. The maximum Gasteiger partial charge on any atom is 0.238 e. The number of rotatable bonds is 4. The van der Waals surface area contributed by atoms with Gasteiger partial charge in [-0.05, 0) is 45.2 Å². The van der Waals surface area contributed by atoms with Gasteiger partial charge < -0.3 is 10.2 Å². The van der Waals surface area contributed by atoms with E-state index in [1.54, 1.807) is 4.68 Å². The Morgan fingerprint density at radius 1 is 1.38 bits per heavy atom. The van der Waals surface area contributed by atoms with Gasteiger partial charge in [0.25, 0.3) is 0 Å². The molecule has 2 fully saturated rings. The van der Waals surface area contributed by atoms with Crippen LogP contribution in [0.15, 0.2) is 6.20 Å². The summed E-state index contributed by atoms with van der Waals surface area (Å²) in [6.07, 6.45) is 4.49. The fourth-order valence-electron chi connectivity index (χ4n) is 3.91. The van der Waals surface area contributed by atoms with Crippen molar-refractivity contribution in [3.8, 4) is 0 Å². The van der Waals surface area contributed by atoms with Gasteiger partial charge in [0.15, 0.2) is 0 Å². The maximum absolute atomic E-state index is 12.3. The summed E-state index contributed by atoms with van der Waals surface area (Å²) in [5, 5.41) is 7.17. The summed E-state index contributed by atoms with van der Waals surface area (Å²) in [6.45, 7) is 7.77. The summed E-state index contributed by atoms with van der Waals surface area (Å²) in [5.74, 6) is 0.287. The Labute approximate surface area is 143 Å². The maximum atomic E-state index is 12.3. The molecule has 132 valence electrons. The summed E-state index contributed by atoms with van der Waals surface area (Å²) in [5.41, 5.74) is 1.74. The number of nitrogens with one attached hydrogen (secondary N) is 1. The molecular weight excluding hydrogens is 306 g/mol. The Balaban J connectivity index is 1.50. The minimum Gasteiger partial charge on any atom is -0.342 e. The topological polar surface area (TPSA) is 70.5 Å². The van der Waals surface area contributed by atoms with Gasteiger partial charge in [-0.1, -0.05) is 0 Å². The zero-order chi connectivity index (χ0) is 17.3. The van der Waals surface area contributed by atoms with Crippen molar-refractivity contribution >= 4 is 17.5 Å². The van der Waals surface area contributed by atoms with Gasteiger partial charge >= 0.3 is 0 Å². The Hall–Kier alpha value is -1.89. The normalized spacial score (nSPS) is 20.8. The molecule has 24 heavy (non-hydrogen) atoms. The standard InChI is InChI=1S/C17H27N5O2/c1-4-22-12-17(9-16(22)24)5-7-21(8-6-17)11-15(23)18-14-10-20(3)19-13(14)2/h10H,4-9,11-12H2,1-3H3,(H,18,23). The third-order valence-corrected chi connectivity index (χ3v) is 5.36. The van der Waals surface area contributed by atoms with Crippen molar-refractivity contribution in [3.63, 3.8) is 0 Å². The lowest BCUT2D eigenvalue weighted by atomic mass is 9.77. The predicted molar refractivity (Wildman–Crippen MR) is 91.6 cm³/mol. The highest BCUT2D eigenvalue weighted by atomic mass is 16.2. The van der Waals surface area contributed by atoms with Crippen LogP contribution in [-0.4, -0.2) is 64.1 Å². The minimum absolute atomic E-state index is 0.000247. The zero-order valence-electron chi connectivity index (χ0n) is 14.8. The lowest BCUT2D eigenvalue weighted by Crippen LogP contribution is -2.44. The average molecular weight is 333 g/mol. The number of hydrogen-bond donors (Lipinski definition) is 1. The second kappa shape index (κ2) is 6.55. The second-order valence-corrected chi connectivity index (χ2v) is 7.21. The Morgan fingerprint density at radius 3 is 2.62 bits per heavy atom. The number of amides is 2. The van der Waals surface area contributed by atoms with Crippen LogP contribution in [0.25, 0.3) is 0 Å². The molecule has 2 saturated heterocycles. The van der Waals surface area contributed by atoms with E-state index in [0.717, 1.165) is 50.4 Å². The second-order valence-electron chi connectivity index (χ2n) is 7.21. The molecule has 2 aliphatic rings. The number of aromatic nitrogens is 2. The lowest BCUT2D eigenvalue weighted by Gasteiger charge is -2.38. The Morgan fingerprint density at radius 2 is 2.08 bits per heavy atom. The Kier molecular flexibility index (Phi) is 4.62. The quantitative estimate of drug-likeness (QED) is 0.892. The molecule has 3 rings (SSSR count). The average Bonchev–Trinajstić information content (AvgIpc) is 3.01. The van der Waals surface area contributed by atoms with Crippen LogP contribution < -0.4 is 5.32 Å². The summed E-state index contributed by atoms with van der Waals surface area (Å²) >= 11 is 0. The first kappa shape index (κ1) is 17.0. The van der Waals surface area contributed by atoms with Crippen LogP contribution in [0.2, 0.25) is 0 Å². The van der Waals surface area contributed by atoms with Crippen LogP contribution in [0.1, 0.15) is 31.9 Å². The van der Waals surface area contributed by atoms with Gasteiger partial charge in [0.05, 0.1) is 17.9 Å². The predicted octanol–water partition coefficient (Wildman–Crippen LogP) is 1.00. The SMILES string of the molecule is CCN1CC2(CCN(CC(=O)Nc3cn(C)nc3C)CC2)CC1=O. The molecule has 3 heterocycles. The molecule has 2 aliphatic heterocycles. The van der Waals surface area contributed by atoms with Crippen molar-refractivity contribution in [1.82, 2.24) is 19.6 Å². The van der Waals surface area contributed by atoms with E-state index < -0.39 is 0 Å². The van der Waals surface area contributed by atoms with Crippen LogP contribution in [0.5, 0.6) is 0 Å². The monoisotopic (exact) mass is 333 g/mol. The first-order chi connectivity index (χ1) is 11.4. The first-order valence-electron chi connectivity index (χ1n) is 8.71. The molecule has 0 aromatic carbocycles. The van der Waals surface area contributed by atoms with E-state index >= 15 is 0 Å². The summed E-state index contributed by atoms with van der Waals surface area (Å²) in [6, 6.07) is 0. The van der Waals surface area contributed by atoms with E-state index in [-0.39, 0.29) is 17.2 Å². The molecular formula is C17H27N5O2. The molecule has 0 saturated carbocycles. The zero-order valence-corrected chi connectivity index (χ0v) is 14.8. The van der Waals surface area contributed by atoms with E-state index in [9.17, 15) is 9.59 Å². The van der Waals surface area contributed by atoms with Gasteiger partial charge in [0, 0.05) is 32.8 Å².